The maximum atomic E-state index is 12.3. The number of hydrogen-bond donors (Lipinski definition) is 2. The van der Waals surface area contributed by atoms with Gasteiger partial charge in [-0.25, -0.2) is 0 Å². The minimum Gasteiger partial charge on any atom is -0.493 e. The van der Waals surface area contributed by atoms with Crippen molar-refractivity contribution >= 4 is 5.69 Å². The van der Waals surface area contributed by atoms with Crippen LogP contribution in [0.3, 0.4) is 0 Å². The van der Waals surface area contributed by atoms with Crippen LogP contribution in [0, 0.1) is 12.8 Å². The molecule has 1 aromatic carbocycles. The van der Waals surface area contributed by atoms with Crippen molar-refractivity contribution in [1.29, 1.82) is 0 Å². The summed E-state index contributed by atoms with van der Waals surface area (Å²) in [5, 5.41) is 11.6. The summed E-state index contributed by atoms with van der Waals surface area (Å²) in [4.78, 5) is 0. The lowest BCUT2D eigenvalue weighted by Crippen LogP contribution is -2.35. The molecule has 1 aromatic rings. The second kappa shape index (κ2) is 7.88. The lowest BCUT2D eigenvalue weighted by molar-refractivity contribution is -0.198. The summed E-state index contributed by atoms with van der Waals surface area (Å²) in [5.41, 5.74) is 1.40. The first kappa shape index (κ1) is 17.9. The van der Waals surface area contributed by atoms with E-state index in [1.165, 1.54) is 0 Å². The molecule has 1 aliphatic rings. The number of ether oxygens (including phenoxy) is 2. The van der Waals surface area contributed by atoms with Crippen LogP contribution in [-0.4, -0.2) is 43.8 Å². The monoisotopic (exact) mass is 333 g/mol. The SMILES string of the molecule is Cc1ccc(NC[C@@H](O)C(F)(F)F)cc1OCC1CCOCC1. The highest BCUT2D eigenvalue weighted by Gasteiger charge is 2.37. The van der Waals surface area contributed by atoms with Crippen molar-refractivity contribution in [3.8, 4) is 5.75 Å². The van der Waals surface area contributed by atoms with Gasteiger partial charge in [-0.05, 0) is 37.3 Å². The van der Waals surface area contributed by atoms with Gasteiger partial charge in [0.1, 0.15) is 5.75 Å². The second-order valence-corrected chi connectivity index (χ2v) is 5.79. The van der Waals surface area contributed by atoms with Gasteiger partial charge in [0.05, 0.1) is 6.61 Å². The third kappa shape index (κ3) is 5.58. The molecular weight excluding hydrogens is 311 g/mol. The minimum absolute atomic E-state index is 0.437. The number of rotatable bonds is 6. The van der Waals surface area contributed by atoms with Gasteiger partial charge in [-0.15, -0.1) is 0 Å². The van der Waals surface area contributed by atoms with E-state index in [1.54, 1.807) is 18.2 Å². The molecule has 1 saturated heterocycles. The first-order chi connectivity index (χ1) is 10.9. The molecule has 23 heavy (non-hydrogen) atoms. The maximum absolute atomic E-state index is 12.3. The molecule has 130 valence electrons. The number of aliphatic hydroxyl groups excluding tert-OH is 1. The summed E-state index contributed by atoms with van der Waals surface area (Å²) in [6, 6.07) is 5.11. The largest absolute Gasteiger partial charge is 0.493 e. The number of hydrogen-bond acceptors (Lipinski definition) is 4. The fourth-order valence-corrected chi connectivity index (χ4v) is 2.32. The lowest BCUT2D eigenvalue weighted by atomic mass is 10.0. The lowest BCUT2D eigenvalue weighted by Gasteiger charge is -2.23. The van der Waals surface area contributed by atoms with Gasteiger partial charge >= 0.3 is 6.18 Å². The Morgan fingerprint density at radius 2 is 2.04 bits per heavy atom. The molecule has 0 amide bonds. The molecule has 0 saturated carbocycles. The van der Waals surface area contributed by atoms with Crippen LogP contribution < -0.4 is 10.1 Å². The topological polar surface area (TPSA) is 50.7 Å². The molecule has 2 rings (SSSR count). The second-order valence-electron chi connectivity index (χ2n) is 5.79. The summed E-state index contributed by atoms with van der Waals surface area (Å²) in [6.07, 6.45) is -5.11. The Balaban J connectivity index is 1.90. The summed E-state index contributed by atoms with van der Waals surface area (Å²) >= 11 is 0. The molecule has 1 heterocycles. The number of aryl methyl sites for hydroxylation is 1. The van der Waals surface area contributed by atoms with E-state index in [2.05, 4.69) is 5.32 Å². The van der Waals surface area contributed by atoms with E-state index in [1.807, 2.05) is 6.92 Å². The van der Waals surface area contributed by atoms with E-state index in [-0.39, 0.29) is 0 Å². The quantitative estimate of drug-likeness (QED) is 0.840. The van der Waals surface area contributed by atoms with Crippen LogP contribution in [0.5, 0.6) is 5.75 Å². The standard InChI is InChI=1S/C16H22F3NO3/c1-11-2-3-13(20-9-15(21)16(17,18)19)8-14(11)23-10-12-4-6-22-7-5-12/h2-3,8,12,15,20-21H,4-7,9-10H2,1H3/t15-/m1/s1. The average Bonchev–Trinajstić information content (AvgIpc) is 2.52. The normalized spacial score (nSPS) is 17.8. The molecular formula is C16H22F3NO3. The highest BCUT2D eigenvalue weighted by atomic mass is 19.4. The summed E-state index contributed by atoms with van der Waals surface area (Å²) in [7, 11) is 0. The molecule has 2 N–H and O–H groups in total. The molecule has 0 aliphatic carbocycles. The van der Waals surface area contributed by atoms with Crippen molar-refractivity contribution in [2.45, 2.75) is 32.0 Å². The van der Waals surface area contributed by atoms with Crippen LogP contribution in [0.1, 0.15) is 18.4 Å². The van der Waals surface area contributed by atoms with Gasteiger partial charge in [-0.3, -0.25) is 0 Å². The summed E-state index contributed by atoms with van der Waals surface area (Å²) < 4.78 is 48.0. The summed E-state index contributed by atoms with van der Waals surface area (Å²) in [6.45, 7) is 3.34. The first-order valence-electron chi connectivity index (χ1n) is 7.66. The van der Waals surface area contributed by atoms with Crippen LogP contribution in [0.15, 0.2) is 18.2 Å². The van der Waals surface area contributed by atoms with Gasteiger partial charge in [0, 0.05) is 31.5 Å². The van der Waals surface area contributed by atoms with Crippen molar-refractivity contribution in [1.82, 2.24) is 0 Å². The number of nitrogens with one attached hydrogen (secondary N) is 1. The summed E-state index contributed by atoms with van der Waals surface area (Å²) in [5.74, 6) is 1.08. The molecule has 4 nitrogen and oxygen atoms in total. The molecule has 0 bridgehead atoms. The molecule has 0 aromatic heterocycles. The fraction of sp³-hybridized carbons (Fsp3) is 0.625. The Morgan fingerprint density at radius 1 is 1.35 bits per heavy atom. The predicted octanol–water partition coefficient (Wildman–Crippen LogP) is 3.14. The van der Waals surface area contributed by atoms with Crippen molar-refractivity contribution < 1.29 is 27.8 Å². The molecule has 0 radical (unpaired) electrons. The number of benzene rings is 1. The van der Waals surface area contributed by atoms with Gasteiger partial charge in [0.25, 0.3) is 0 Å². The number of alkyl halides is 3. The Kier molecular flexibility index (Phi) is 6.12. The van der Waals surface area contributed by atoms with Crippen LogP contribution in [0.25, 0.3) is 0 Å². The van der Waals surface area contributed by atoms with E-state index in [9.17, 15) is 13.2 Å². The highest BCUT2D eigenvalue weighted by molar-refractivity contribution is 5.51. The van der Waals surface area contributed by atoms with Gasteiger partial charge in [-0.1, -0.05) is 6.07 Å². The zero-order valence-corrected chi connectivity index (χ0v) is 13.0. The molecule has 1 aliphatic heterocycles. The van der Waals surface area contributed by atoms with Gasteiger partial charge in [0.15, 0.2) is 6.10 Å². The van der Waals surface area contributed by atoms with E-state index in [0.717, 1.165) is 31.6 Å². The Bertz CT molecular complexity index is 502. The molecule has 0 spiro atoms. The maximum Gasteiger partial charge on any atom is 0.416 e. The molecule has 0 unspecified atom stereocenters. The molecule has 1 fully saturated rings. The zero-order valence-electron chi connectivity index (χ0n) is 13.0. The van der Waals surface area contributed by atoms with E-state index in [4.69, 9.17) is 14.6 Å². The Morgan fingerprint density at radius 3 is 2.70 bits per heavy atom. The van der Waals surface area contributed by atoms with Crippen molar-refractivity contribution in [3.05, 3.63) is 23.8 Å². The van der Waals surface area contributed by atoms with Crippen molar-refractivity contribution in [2.24, 2.45) is 5.92 Å². The first-order valence-corrected chi connectivity index (χ1v) is 7.66. The predicted molar refractivity (Wildman–Crippen MR) is 80.8 cm³/mol. The Hall–Kier alpha value is -1.47. The zero-order chi connectivity index (χ0) is 16.9. The van der Waals surface area contributed by atoms with Crippen LogP contribution in [-0.2, 0) is 4.74 Å². The number of halogens is 3. The van der Waals surface area contributed by atoms with E-state index >= 15 is 0 Å². The number of aliphatic hydroxyl groups is 1. The number of anilines is 1. The van der Waals surface area contributed by atoms with Gasteiger partial charge in [-0.2, -0.15) is 13.2 Å². The smallest absolute Gasteiger partial charge is 0.416 e. The van der Waals surface area contributed by atoms with Crippen LogP contribution in [0.2, 0.25) is 0 Å². The third-order valence-corrected chi connectivity index (χ3v) is 3.88. The minimum atomic E-state index is -4.62. The van der Waals surface area contributed by atoms with E-state index < -0.39 is 18.8 Å². The van der Waals surface area contributed by atoms with Gasteiger partial charge in [0.2, 0.25) is 0 Å². The third-order valence-electron chi connectivity index (χ3n) is 3.88. The van der Waals surface area contributed by atoms with E-state index in [0.29, 0.717) is 24.0 Å². The van der Waals surface area contributed by atoms with Crippen molar-refractivity contribution in [3.63, 3.8) is 0 Å². The fourth-order valence-electron chi connectivity index (χ4n) is 2.32. The highest BCUT2D eigenvalue weighted by Crippen LogP contribution is 2.26. The van der Waals surface area contributed by atoms with Crippen molar-refractivity contribution in [2.75, 3.05) is 31.7 Å². The Labute approximate surface area is 133 Å². The molecule has 1 atom stereocenters. The molecule has 7 heteroatoms. The van der Waals surface area contributed by atoms with Crippen LogP contribution >= 0.6 is 0 Å². The van der Waals surface area contributed by atoms with Crippen LogP contribution in [0.4, 0.5) is 18.9 Å². The van der Waals surface area contributed by atoms with Gasteiger partial charge < -0.3 is 19.9 Å². The average molecular weight is 333 g/mol.